The lowest BCUT2D eigenvalue weighted by atomic mass is 10.0. The highest BCUT2D eigenvalue weighted by atomic mass is 16.4. The molecule has 0 fully saturated rings. The number of carbonyl (C=O) groups is 1. The molecule has 0 aliphatic carbocycles. The number of para-hydroxylation sites is 1. The van der Waals surface area contributed by atoms with Gasteiger partial charge in [0.15, 0.2) is 0 Å². The Kier molecular flexibility index (Phi) is 1.54. The number of carboxylic acids is 1. The summed E-state index contributed by atoms with van der Waals surface area (Å²) in [5.74, 6) is -0.768. The number of nitrogens with one attached hydrogen (secondary N) is 2. The first-order valence-electron chi connectivity index (χ1n) is 4.83. The van der Waals surface area contributed by atoms with Crippen molar-refractivity contribution in [2.75, 3.05) is 5.32 Å². The van der Waals surface area contributed by atoms with Gasteiger partial charge in [0, 0.05) is 11.6 Å². The standard InChI is InChI=1S/C11H10N2O2/c14-11(15)9-5-7-6-3-1-2-4-8(6)12-10(7)13-9/h1-5,7,10,12-13H,(H,14,15). The molecule has 15 heavy (non-hydrogen) atoms. The van der Waals surface area contributed by atoms with E-state index in [1.807, 2.05) is 24.3 Å². The molecule has 3 N–H and O–H groups in total. The van der Waals surface area contributed by atoms with Crippen LogP contribution in [0.1, 0.15) is 11.5 Å². The normalized spacial score (nSPS) is 26.0. The van der Waals surface area contributed by atoms with Crippen LogP contribution in [-0.4, -0.2) is 17.2 Å². The van der Waals surface area contributed by atoms with Crippen molar-refractivity contribution in [3.8, 4) is 0 Å². The Balaban J connectivity index is 2.02. The topological polar surface area (TPSA) is 61.4 Å². The molecule has 76 valence electrons. The third-order valence-electron chi connectivity index (χ3n) is 2.88. The monoisotopic (exact) mass is 202 g/mol. The van der Waals surface area contributed by atoms with Gasteiger partial charge in [-0.05, 0) is 17.7 Å². The van der Waals surface area contributed by atoms with Crippen LogP contribution in [0.5, 0.6) is 0 Å². The maximum Gasteiger partial charge on any atom is 0.351 e. The zero-order valence-electron chi connectivity index (χ0n) is 7.90. The molecule has 0 bridgehead atoms. The second-order valence-corrected chi connectivity index (χ2v) is 3.76. The van der Waals surface area contributed by atoms with Crippen molar-refractivity contribution in [3.63, 3.8) is 0 Å². The van der Waals surface area contributed by atoms with Gasteiger partial charge in [-0.1, -0.05) is 18.2 Å². The van der Waals surface area contributed by atoms with Gasteiger partial charge >= 0.3 is 5.97 Å². The molecule has 0 spiro atoms. The highest BCUT2D eigenvalue weighted by molar-refractivity contribution is 5.87. The number of benzene rings is 1. The molecule has 2 atom stereocenters. The van der Waals surface area contributed by atoms with Crippen molar-refractivity contribution in [1.82, 2.24) is 5.32 Å². The molecule has 0 aromatic heterocycles. The van der Waals surface area contributed by atoms with Crippen LogP contribution in [0.25, 0.3) is 0 Å². The van der Waals surface area contributed by atoms with Crippen molar-refractivity contribution >= 4 is 11.7 Å². The number of aliphatic carboxylic acids is 1. The van der Waals surface area contributed by atoms with Crippen LogP contribution >= 0.6 is 0 Å². The lowest BCUT2D eigenvalue weighted by Crippen LogP contribution is -2.32. The highest BCUT2D eigenvalue weighted by Gasteiger charge is 2.36. The second kappa shape index (κ2) is 2.76. The molecule has 4 nitrogen and oxygen atoms in total. The SMILES string of the molecule is O=C(O)C1=CC2c3ccccc3NC2N1. The first-order chi connectivity index (χ1) is 7.25. The van der Waals surface area contributed by atoms with E-state index in [2.05, 4.69) is 10.6 Å². The minimum atomic E-state index is -0.899. The minimum absolute atomic E-state index is 0.00602. The predicted molar refractivity (Wildman–Crippen MR) is 55.4 cm³/mol. The quantitative estimate of drug-likeness (QED) is 0.638. The van der Waals surface area contributed by atoms with Gasteiger partial charge in [0.1, 0.15) is 11.9 Å². The van der Waals surface area contributed by atoms with Crippen molar-refractivity contribution in [3.05, 3.63) is 41.6 Å². The highest BCUT2D eigenvalue weighted by Crippen LogP contribution is 2.39. The van der Waals surface area contributed by atoms with Crippen LogP contribution in [0.3, 0.4) is 0 Å². The number of anilines is 1. The van der Waals surface area contributed by atoms with Crippen LogP contribution < -0.4 is 10.6 Å². The molecule has 2 aliphatic rings. The van der Waals surface area contributed by atoms with E-state index in [9.17, 15) is 4.79 Å². The number of fused-ring (bicyclic) bond motifs is 3. The van der Waals surface area contributed by atoms with Crippen LogP contribution in [0, 0.1) is 0 Å². The summed E-state index contributed by atoms with van der Waals surface area (Å²) in [5, 5.41) is 15.1. The number of hydrogen-bond acceptors (Lipinski definition) is 3. The van der Waals surface area contributed by atoms with E-state index >= 15 is 0 Å². The van der Waals surface area contributed by atoms with Crippen LogP contribution in [-0.2, 0) is 4.79 Å². The van der Waals surface area contributed by atoms with Crippen LogP contribution in [0.4, 0.5) is 5.69 Å². The van der Waals surface area contributed by atoms with Gasteiger partial charge in [0.25, 0.3) is 0 Å². The smallest absolute Gasteiger partial charge is 0.351 e. The lowest BCUT2D eigenvalue weighted by Gasteiger charge is -2.11. The van der Waals surface area contributed by atoms with Gasteiger partial charge in [0.2, 0.25) is 0 Å². The van der Waals surface area contributed by atoms with Crippen molar-refractivity contribution in [1.29, 1.82) is 0 Å². The Morgan fingerprint density at radius 2 is 2.07 bits per heavy atom. The molecule has 2 aliphatic heterocycles. The average molecular weight is 202 g/mol. The summed E-state index contributed by atoms with van der Waals surface area (Å²) in [7, 11) is 0. The summed E-state index contributed by atoms with van der Waals surface area (Å²) in [5.41, 5.74) is 2.53. The van der Waals surface area contributed by atoms with E-state index in [0.717, 1.165) is 11.3 Å². The molecule has 2 heterocycles. The molecule has 0 radical (unpaired) electrons. The lowest BCUT2D eigenvalue weighted by molar-refractivity contribution is -0.133. The Hall–Kier alpha value is -1.97. The fourth-order valence-electron chi connectivity index (χ4n) is 2.20. The van der Waals surface area contributed by atoms with E-state index in [-0.39, 0.29) is 17.8 Å². The fraction of sp³-hybridized carbons (Fsp3) is 0.182. The van der Waals surface area contributed by atoms with Gasteiger partial charge in [-0.25, -0.2) is 4.79 Å². The summed E-state index contributed by atoms with van der Waals surface area (Å²) in [6.45, 7) is 0. The molecule has 4 heteroatoms. The summed E-state index contributed by atoms with van der Waals surface area (Å²) in [4.78, 5) is 10.8. The molecule has 3 rings (SSSR count). The maximum absolute atomic E-state index is 10.8. The molecule has 1 aromatic rings. The first kappa shape index (κ1) is 8.35. The second-order valence-electron chi connectivity index (χ2n) is 3.76. The molecule has 2 unspecified atom stereocenters. The average Bonchev–Trinajstić information content (AvgIpc) is 2.73. The Morgan fingerprint density at radius 3 is 2.87 bits per heavy atom. The Labute approximate surface area is 86.6 Å². The third-order valence-corrected chi connectivity index (χ3v) is 2.88. The molecule has 1 aromatic carbocycles. The first-order valence-corrected chi connectivity index (χ1v) is 4.83. The van der Waals surface area contributed by atoms with E-state index in [1.165, 1.54) is 0 Å². The number of carboxylic acid groups (broad SMARTS) is 1. The van der Waals surface area contributed by atoms with Crippen molar-refractivity contribution < 1.29 is 9.90 Å². The van der Waals surface area contributed by atoms with Crippen molar-refractivity contribution in [2.45, 2.75) is 12.1 Å². The van der Waals surface area contributed by atoms with Gasteiger partial charge in [-0.3, -0.25) is 0 Å². The summed E-state index contributed by atoms with van der Waals surface area (Å²) >= 11 is 0. The summed E-state index contributed by atoms with van der Waals surface area (Å²) in [6.07, 6.45) is 1.76. The van der Waals surface area contributed by atoms with Gasteiger partial charge < -0.3 is 15.7 Å². The fourth-order valence-corrected chi connectivity index (χ4v) is 2.20. The minimum Gasteiger partial charge on any atom is -0.477 e. The molecule has 0 amide bonds. The van der Waals surface area contributed by atoms with Gasteiger partial charge in [-0.2, -0.15) is 0 Å². The number of hydrogen-bond donors (Lipinski definition) is 3. The van der Waals surface area contributed by atoms with Gasteiger partial charge in [-0.15, -0.1) is 0 Å². The zero-order valence-corrected chi connectivity index (χ0v) is 7.90. The largest absolute Gasteiger partial charge is 0.477 e. The van der Waals surface area contributed by atoms with E-state index in [4.69, 9.17) is 5.11 Å². The van der Waals surface area contributed by atoms with Crippen molar-refractivity contribution in [2.24, 2.45) is 0 Å². The molecular weight excluding hydrogens is 192 g/mol. The Bertz CT molecular complexity index is 467. The molecular formula is C11H10N2O2. The third kappa shape index (κ3) is 1.11. The maximum atomic E-state index is 10.8. The predicted octanol–water partition coefficient (Wildman–Crippen LogP) is 1.09. The number of rotatable bonds is 1. The van der Waals surface area contributed by atoms with Crippen LogP contribution in [0.2, 0.25) is 0 Å². The summed E-state index contributed by atoms with van der Waals surface area (Å²) < 4.78 is 0. The molecule has 0 saturated carbocycles. The summed E-state index contributed by atoms with van der Waals surface area (Å²) in [6, 6.07) is 7.96. The van der Waals surface area contributed by atoms with Gasteiger partial charge in [0.05, 0.1) is 0 Å². The van der Waals surface area contributed by atoms with E-state index in [0.29, 0.717) is 0 Å². The molecule has 0 saturated heterocycles. The van der Waals surface area contributed by atoms with E-state index < -0.39 is 5.97 Å². The van der Waals surface area contributed by atoms with Crippen LogP contribution in [0.15, 0.2) is 36.0 Å². The Morgan fingerprint density at radius 1 is 1.27 bits per heavy atom. The van der Waals surface area contributed by atoms with E-state index in [1.54, 1.807) is 6.08 Å². The zero-order chi connectivity index (χ0) is 10.4.